The molecule has 0 aliphatic heterocycles. The molecule has 0 aliphatic carbocycles. The normalized spacial score (nSPS) is 12.6. The van der Waals surface area contributed by atoms with Crippen LogP contribution < -0.4 is 14.8 Å². The van der Waals surface area contributed by atoms with Crippen LogP contribution in [0.25, 0.3) is 11.1 Å². The molecule has 0 saturated heterocycles. The quantitative estimate of drug-likeness (QED) is 0.135. The van der Waals surface area contributed by atoms with Gasteiger partial charge in [0.05, 0.1) is 16.1 Å². The predicted octanol–water partition coefficient (Wildman–Crippen LogP) is 10.0. The second kappa shape index (κ2) is 16.5. The Morgan fingerprint density at radius 3 is 2.10 bits per heavy atom. The van der Waals surface area contributed by atoms with Gasteiger partial charge in [0.15, 0.2) is 5.75 Å². The number of nitrogens with zero attached hydrogens (tertiary/aromatic N) is 1. The van der Waals surface area contributed by atoms with Crippen LogP contribution in [0.5, 0.6) is 11.5 Å². The summed E-state index contributed by atoms with van der Waals surface area (Å²) in [7, 11) is 0. The van der Waals surface area contributed by atoms with Crippen molar-refractivity contribution in [1.29, 1.82) is 0 Å². The lowest BCUT2D eigenvalue weighted by Gasteiger charge is -2.36. The molecule has 4 aromatic rings. The fraction of sp³-hybridized carbons (Fsp3) is 0.350. The number of benzene rings is 4. The van der Waals surface area contributed by atoms with Crippen LogP contribution in [0.15, 0.2) is 78.9 Å². The first kappa shape index (κ1) is 37.6. The Labute approximate surface area is 300 Å². The first-order valence-electron chi connectivity index (χ1n) is 16.4. The van der Waals surface area contributed by atoms with E-state index in [1.54, 1.807) is 12.1 Å². The molecule has 2 amide bonds. The number of halogens is 2. The number of rotatable bonds is 13. The van der Waals surface area contributed by atoms with Crippen molar-refractivity contribution in [3.05, 3.63) is 117 Å². The van der Waals surface area contributed by atoms with Gasteiger partial charge >= 0.3 is 6.09 Å². The van der Waals surface area contributed by atoms with Gasteiger partial charge in [-0.2, -0.15) is 0 Å². The van der Waals surface area contributed by atoms with Gasteiger partial charge < -0.3 is 24.8 Å². The van der Waals surface area contributed by atoms with Crippen molar-refractivity contribution in [2.45, 2.75) is 72.4 Å². The standard InChI is InChI=1S/C40H46Cl2N2O5/c1-25-20-36(41)38(37(42)21-25)49-19-18-48-32-15-12-29(13-16-32)23-31(24-44(39(46)47)40(5,6)7)33-17-14-30(22-26(33)2)35-11-9-8-10-34(35)27(3)43-28(4)45/h8-17,20-22,27,31H,18-19,23-24H2,1-7H3,(H,43,45)(H,46,47). The van der Waals surface area contributed by atoms with Crippen LogP contribution in [0.3, 0.4) is 0 Å². The van der Waals surface area contributed by atoms with Gasteiger partial charge in [0, 0.05) is 24.9 Å². The number of hydrogen-bond donors (Lipinski definition) is 2. The minimum Gasteiger partial charge on any atom is -0.490 e. The fourth-order valence-corrected chi connectivity index (χ4v) is 6.79. The Balaban J connectivity index is 1.54. The molecule has 260 valence electrons. The number of hydrogen-bond acceptors (Lipinski definition) is 4. The van der Waals surface area contributed by atoms with Crippen LogP contribution in [0.4, 0.5) is 4.79 Å². The van der Waals surface area contributed by atoms with Crippen molar-refractivity contribution in [2.24, 2.45) is 0 Å². The highest BCUT2D eigenvalue weighted by Crippen LogP contribution is 2.35. The summed E-state index contributed by atoms with van der Waals surface area (Å²) in [6.07, 6.45) is -0.323. The molecule has 7 nitrogen and oxygen atoms in total. The van der Waals surface area contributed by atoms with E-state index < -0.39 is 11.6 Å². The van der Waals surface area contributed by atoms with Crippen molar-refractivity contribution in [2.75, 3.05) is 19.8 Å². The van der Waals surface area contributed by atoms with Gasteiger partial charge in [-0.15, -0.1) is 0 Å². The van der Waals surface area contributed by atoms with Crippen LogP contribution in [-0.4, -0.2) is 47.3 Å². The molecular weight excluding hydrogens is 659 g/mol. The Bertz CT molecular complexity index is 1740. The number of carboxylic acid groups (broad SMARTS) is 1. The number of nitrogens with one attached hydrogen (secondary N) is 1. The minimum atomic E-state index is -0.952. The van der Waals surface area contributed by atoms with E-state index in [1.807, 2.05) is 77.1 Å². The first-order chi connectivity index (χ1) is 23.1. The van der Waals surface area contributed by atoms with Gasteiger partial charge in [-0.05, 0) is 111 Å². The van der Waals surface area contributed by atoms with Gasteiger partial charge in [0.25, 0.3) is 0 Å². The van der Waals surface area contributed by atoms with Crippen molar-refractivity contribution < 1.29 is 24.2 Å². The molecule has 2 N–H and O–H groups in total. The summed E-state index contributed by atoms with van der Waals surface area (Å²) < 4.78 is 11.7. The lowest BCUT2D eigenvalue weighted by Crippen LogP contribution is -2.47. The van der Waals surface area contributed by atoms with Crippen LogP contribution in [0.2, 0.25) is 10.0 Å². The third-order valence-corrected chi connectivity index (χ3v) is 9.02. The molecule has 0 spiro atoms. The van der Waals surface area contributed by atoms with Crippen molar-refractivity contribution in [3.63, 3.8) is 0 Å². The average molecular weight is 706 g/mol. The molecule has 4 rings (SSSR count). The Morgan fingerprint density at radius 1 is 0.878 bits per heavy atom. The maximum absolute atomic E-state index is 12.4. The Kier molecular flexibility index (Phi) is 12.6. The summed E-state index contributed by atoms with van der Waals surface area (Å²) in [5.41, 5.74) is 6.70. The molecule has 0 bridgehead atoms. The third-order valence-electron chi connectivity index (χ3n) is 8.46. The molecule has 9 heteroatoms. The van der Waals surface area contributed by atoms with Crippen LogP contribution in [0, 0.1) is 13.8 Å². The lowest BCUT2D eigenvalue weighted by molar-refractivity contribution is -0.119. The molecule has 0 heterocycles. The molecule has 2 atom stereocenters. The number of aryl methyl sites for hydroxylation is 2. The number of carbonyl (C=O) groups excluding carboxylic acids is 1. The highest BCUT2D eigenvalue weighted by Gasteiger charge is 2.30. The van der Waals surface area contributed by atoms with E-state index >= 15 is 0 Å². The highest BCUT2D eigenvalue weighted by molar-refractivity contribution is 6.37. The predicted molar refractivity (Wildman–Crippen MR) is 198 cm³/mol. The van der Waals surface area contributed by atoms with E-state index in [9.17, 15) is 14.7 Å². The second-order valence-corrected chi connectivity index (χ2v) is 14.3. The first-order valence-corrected chi connectivity index (χ1v) is 17.2. The minimum absolute atomic E-state index is 0.0824. The molecular formula is C40H46Cl2N2O5. The maximum Gasteiger partial charge on any atom is 0.407 e. The zero-order valence-corrected chi connectivity index (χ0v) is 30.8. The summed E-state index contributed by atoms with van der Waals surface area (Å²) in [4.78, 5) is 25.7. The topological polar surface area (TPSA) is 88.1 Å². The van der Waals surface area contributed by atoms with E-state index in [-0.39, 0.29) is 24.5 Å². The van der Waals surface area contributed by atoms with Crippen LogP contribution >= 0.6 is 23.2 Å². The maximum atomic E-state index is 12.4. The van der Waals surface area contributed by atoms with Crippen molar-refractivity contribution >= 4 is 35.2 Å². The van der Waals surface area contributed by atoms with Gasteiger partial charge in [-0.1, -0.05) is 77.8 Å². The molecule has 2 unspecified atom stereocenters. The molecule has 0 aromatic heterocycles. The van der Waals surface area contributed by atoms with E-state index in [0.717, 1.165) is 38.9 Å². The highest BCUT2D eigenvalue weighted by atomic mass is 35.5. The molecule has 49 heavy (non-hydrogen) atoms. The van der Waals surface area contributed by atoms with E-state index in [0.29, 0.717) is 41.1 Å². The Hall–Kier alpha value is -4.20. The summed E-state index contributed by atoms with van der Waals surface area (Å²) in [5, 5.41) is 14.1. The SMILES string of the molecule is CC(=O)NC(C)c1ccccc1-c1ccc(C(Cc2ccc(OCCOc3c(Cl)cc(C)cc3Cl)cc2)CN(C(=O)O)C(C)(C)C)c(C)c1. The third kappa shape index (κ3) is 10.2. The number of ether oxygens (including phenoxy) is 2. The molecule has 0 saturated carbocycles. The fourth-order valence-electron chi connectivity index (χ4n) is 6.09. The van der Waals surface area contributed by atoms with E-state index in [2.05, 4.69) is 36.5 Å². The lowest BCUT2D eigenvalue weighted by atomic mass is 9.85. The summed E-state index contributed by atoms with van der Waals surface area (Å²) >= 11 is 12.6. The van der Waals surface area contributed by atoms with Gasteiger partial charge in [-0.25, -0.2) is 4.79 Å². The second-order valence-electron chi connectivity index (χ2n) is 13.4. The van der Waals surface area contributed by atoms with Gasteiger partial charge in [-0.3, -0.25) is 4.79 Å². The van der Waals surface area contributed by atoms with E-state index in [4.69, 9.17) is 32.7 Å². The number of carbonyl (C=O) groups is 2. The smallest absolute Gasteiger partial charge is 0.407 e. The monoisotopic (exact) mass is 704 g/mol. The zero-order valence-electron chi connectivity index (χ0n) is 29.3. The largest absolute Gasteiger partial charge is 0.490 e. The van der Waals surface area contributed by atoms with Crippen molar-refractivity contribution in [3.8, 4) is 22.6 Å². The van der Waals surface area contributed by atoms with Crippen molar-refractivity contribution in [1.82, 2.24) is 10.2 Å². The molecule has 0 radical (unpaired) electrons. The number of amides is 2. The average Bonchev–Trinajstić information content (AvgIpc) is 3.02. The van der Waals surface area contributed by atoms with Gasteiger partial charge in [0.2, 0.25) is 5.91 Å². The molecule has 0 fully saturated rings. The van der Waals surface area contributed by atoms with Crippen LogP contribution in [0.1, 0.15) is 74.4 Å². The summed E-state index contributed by atoms with van der Waals surface area (Å²) in [6, 6.07) is 25.7. The summed E-state index contributed by atoms with van der Waals surface area (Å²) in [6.45, 7) is 14.1. The van der Waals surface area contributed by atoms with Crippen LogP contribution in [-0.2, 0) is 11.2 Å². The molecule has 4 aromatic carbocycles. The molecule has 0 aliphatic rings. The zero-order chi connectivity index (χ0) is 35.9. The Morgan fingerprint density at radius 2 is 1.51 bits per heavy atom. The van der Waals surface area contributed by atoms with Gasteiger partial charge in [0.1, 0.15) is 19.0 Å². The van der Waals surface area contributed by atoms with E-state index in [1.165, 1.54) is 11.8 Å². The summed E-state index contributed by atoms with van der Waals surface area (Å²) in [5.74, 6) is 0.944.